The van der Waals surface area contributed by atoms with Gasteiger partial charge in [0.2, 0.25) is 5.91 Å². The van der Waals surface area contributed by atoms with Crippen molar-refractivity contribution in [1.29, 1.82) is 0 Å². The highest BCUT2D eigenvalue weighted by Crippen LogP contribution is 2.22. The molecule has 0 aromatic heterocycles. The first-order valence-corrected chi connectivity index (χ1v) is 8.99. The number of ether oxygens (including phenoxy) is 1. The van der Waals surface area contributed by atoms with Crippen LogP contribution in [0.3, 0.4) is 0 Å². The van der Waals surface area contributed by atoms with Gasteiger partial charge >= 0.3 is 6.09 Å². The van der Waals surface area contributed by atoms with E-state index >= 15 is 0 Å². The molecule has 1 heterocycles. The Hall–Kier alpha value is -1.30. The van der Waals surface area contributed by atoms with Crippen LogP contribution in [0.15, 0.2) is 0 Å². The first-order chi connectivity index (χ1) is 10.9. The Balaban J connectivity index is 2.85. The maximum absolute atomic E-state index is 12.8. The van der Waals surface area contributed by atoms with Crippen molar-refractivity contribution >= 4 is 12.0 Å². The average Bonchev–Trinajstić information content (AvgIpc) is 2.44. The number of hydrogen-bond acceptors (Lipinski definition) is 4. The molecule has 1 rings (SSSR count). The number of rotatable bonds is 4. The summed E-state index contributed by atoms with van der Waals surface area (Å²) in [6.07, 6.45) is 1.43. The smallest absolute Gasteiger partial charge is 0.410 e. The van der Waals surface area contributed by atoms with Crippen LogP contribution in [-0.2, 0) is 9.53 Å². The molecule has 0 aromatic carbocycles. The molecule has 0 aliphatic carbocycles. The van der Waals surface area contributed by atoms with Gasteiger partial charge in [-0.3, -0.25) is 4.79 Å². The Labute approximate surface area is 146 Å². The van der Waals surface area contributed by atoms with Crippen LogP contribution in [-0.4, -0.2) is 58.6 Å². The van der Waals surface area contributed by atoms with Gasteiger partial charge < -0.3 is 20.3 Å². The van der Waals surface area contributed by atoms with Crippen molar-refractivity contribution in [2.24, 2.45) is 11.7 Å². The largest absolute Gasteiger partial charge is 0.444 e. The van der Waals surface area contributed by atoms with Gasteiger partial charge in [0.25, 0.3) is 0 Å². The van der Waals surface area contributed by atoms with Gasteiger partial charge in [-0.1, -0.05) is 13.8 Å². The molecule has 0 radical (unpaired) electrons. The maximum Gasteiger partial charge on any atom is 0.410 e. The van der Waals surface area contributed by atoms with Gasteiger partial charge in [0.15, 0.2) is 0 Å². The normalized spacial score (nSPS) is 20.2. The Morgan fingerprint density at radius 1 is 1.21 bits per heavy atom. The molecule has 2 N–H and O–H groups in total. The van der Waals surface area contributed by atoms with Crippen molar-refractivity contribution in [3.8, 4) is 0 Å². The molecule has 0 spiro atoms. The van der Waals surface area contributed by atoms with Crippen LogP contribution in [0.2, 0.25) is 0 Å². The number of likely N-dealkylation sites (tertiary alicyclic amines) is 1. The molecular weight excluding hydrogens is 306 g/mol. The van der Waals surface area contributed by atoms with Crippen LogP contribution in [0.5, 0.6) is 0 Å². The molecule has 1 unspecified atom stereocenters. The third-order valence-electron chi connectivity index (χ3n) is 4.26. The van der Waals surface area contributed by atoms with E-state index in [0.717, 1.165) is 12.8 Å². The number of nitrogens with zero attached hydrogens (tertiary/aromatic N) is 2. The van der Waals surface area contributed by atoms with Gasteiger partial charge in [-0.15, -0.1) is 0 Å². The first kappa shape index (κ1) is 20.7. The lowest BCUT2D eigenvalue weighted by molar-refractivity contribution is -0.139. The Morgan fingerprint density at radius 3 is 2.25 bits per heavy atom. The van der Waals surface area contributed by atoms with Crippen LogP contribution >= 0.6 is 0 Å². The lowest BCUT2D eigenvalue weighted by Crippen LogP contribution is -2.58. The van der Waals surface area contributed by atoms with E-state index in [0.29, 0.717) is 13.1 Å². The number of carbonyl (C=O) groups excluding carboxylic acids is 2. The van der Waals surface area contributed by atoms with E-state index < -0.39 is 11.6 Å². The molecule has 2 amide bonds. The van der Waals surface area contributed by atoms with Gasteiger partial charge in [-0.2, -0.15) is 0 Å². The fourth-order valence-electron chi connectivity index (χ4n) is 2.99. The molecular formula is C18H35N3O3. The Bertz CT molecular complexity index is 443. The summed E-state index contributed by atoms with van der Waals surface area (Å²) >= 11 is 0. The molecule has 0 aromatic rings. The van der Waals surface area contributed by atoms with Gasteiger partial charge in [-0.05, 0) is 53.4 Å². The summed E-state index contributed by atoms with van der Waals surface area (Å²) in [5.74, 6) is 0.0559. The van der Waals surface area contributed by atoms with Gasteiger partial charge in [0.1, 0.15) is 5.60 Å². The highest BCUT2D eigenvalue weighted by molar-refractivity contribution is 5.82. The zero-order valence-corrected chi connectivity index (χ0v) is 16.3. The summed E-state index contributed by atoms with van der Waals surface area (Å²) < 4.78 is 5.47. The highest BCUT2D eigenvalue weighted by atomic mass is 16.6. The van der Waals surface area contributed by atoms with E-state index in [4.69, 9.17) is 10.5 Å². The van der Waals surface area contributed by atoms with Crippen molar-refractivity contribution in [2.75, 3.05) is 13.1 Å². The molecule has 1 fully saturated rings. The first-order valence-electron chi connectivity index (χ1n) is 8.99. The van der Waals surface area contributed by atoms with Crippen molar-refractivity contribution in [3.63, 3.8) is 0 Å². The number of piperidine rings is 1. The van der Waals surface area contributed by atoms with E-state index in [2.05, 4.69) is 0 Å². The molecule has 6 heteroatoms. The Morgan fingerprint density at radius 2 is 1.79 bits per heavy atom. The lowest BCUT2D eigenvalue weighted by atomic mass is 9.98. The number of amides is 2. The average molecular weight is 341 g/mol. The van der Waals surface area contributed by atoms with Crippen LogP contribution in [0.4, 0.5) is 4.79 Å². The van der Waals surface area contributed by atoms with Crippen molar-refractivity contribution in [3.05, 3.63) is 0 Å². The monoisotopic (exact) mass is 341 g/mol. The van der Waals surface area contributed by atoms with Gasteiger partial charge in [0.05, 0.1) is 6.04 Å². The molecule has 6 nitrogen and oxygen atoms in total. The number of hydrogen-bond donors (Lipinski definition) is 1. The predicted molar refractivity (Wildman–Crippen MR) is 95.6 cm³/mol. The van der Waals surface area contributed by atoms with Gasteiger partial charge in [0, 0.05) is 25.2 Å². The fraction of sp³-hybridized carbons (Fsp3) is 0.889. The second-order valence-electron chi connectivity index (χ2n) is 8.33. The summed E-state index contributed by atoms with van der Waals surface area (Å²) in [5.41, 5.74) is 5.57. The van der Waals surface area contributed by atoms with E-state index in [1.165, 1.54) is 0 Å². The minimum atomic E-state index is -0.516. The lowest BCUT2D eigenvalue weighted by Gasteiger charge is -2.42. The van der Waals surface area contributed by atoms with Gasteiger partial charge in [-0.25, -0.2) is 4.79 Å². The van der Waals surface area contributed by atoms with E-state index in [1.807, 2.05) is 53.4 Å². The molecule has 2 atom stereocenters. The van der Waals surface area contributed by atoms with Crippen LogP contribution in [0.25, 0.3) is 0 Å². The third-order valence-corrected chi connectivity index (χ3v) is 4.26. The molecule has 1 aliphatic heterocycles. The standard InChI is InChI=1S/C18H35N3O3/c1-12(2)15(19)16(22)21(13(3)4)14-9-8-10-20(11-14)17(23)24-18(5,6)7/h12-15H,8-11,19H2,1-7H3/t14?,15-/m0/s1. The molecule has 140 valence electrons. The molecule has 0 saturated carbocycles. The third kappa shape index (κ3) is 5.65. The number of carbonyl (C=O) groups is 2. The summed E-state index contributed by atoms with van der Waals surface area (Å²) in [6, 6.07) is -0.473. The van der Waals surface area contributed by atoms with E-state index in [1.54, 1.807) is 4.90 Å². The minimum Gasteiger partial charge on any atom is -0.444 e. The van der Waals surface area contributed by atoms with Crippen molar-refractivity contribution < 1.29 is 14.3 Å². The maximum atomic E-state index is 12.8. The quantitative estimate of drug-likeness (QED) is 0.853. The van der Waals surface area contributed by atoms with Crippen LogP contribution in [0, 0.1) is 5.92 Å². The zero-order chi connectivity index (χ0) is 18.7. The molecule has 1 aliphatic rings. The summed E-state index contributed by atoms with van der Waals surface area (Å²) in [7, 11) is 0. The second-order valence-corrected chi connectivity index (χ2v) is 8.33. The minimum absolute atomic E-state index is 0.0106. The highest BCUT2D eigenvalue weighted by Gasteiger charge is 2.35. The van der Waals surface area contributed by atoms with E-state index in [9.17, 15) is 9.59 Å². The Kier molecular flexibility index (Phi) is 7.08. The number of nitrogens with two attached hydrogens (primary N) is 1. The van der Waals surface area contributed by atoms with Crippen LogP contribution < -0.4 is 5.73 Å². The van der Waals surface area contributed by atoms with Crippen molar-refractivity contribution in [1.82, 2.24) is 9.80 Å². The molecule has 1 saturated heterocycles. The fourth-order valence-corrected chi connectivity index (χ4v) is 2.99. The van der Waals surface area contributed by atoms with E-state index in [-0.39, 0.29) is 30.0 Å². The summed E-state index contributed by atoms with van der Waals surface area (Å²) in [6.45, 7) is 14.7. The molecule has 24 heavy (non-hydrogen) atoms. The topological polar surface area (TPSA) is 75.9 Å². The van der Waals surface area contributed by atoms with Crippen molar-refractivity contribution in [2.45, 2.75) is 85.0 Å². The zero-order valence-electron chi connectivity index (χ0n) is 16.3. The SMILES string of the molecule is CC(C)[C@H](N)C(=O)N(C(C)C)C1CCCN(C(=O)OC(C)(C)C)C1. The molecule has 0 bridgehead atoms. The second kappa shape index (κ2) is 8.19. The predicted octanol–water partition coefficient (Wildman–Crippen LogP) is 2.61. The van der Waals surface area contributed by atoms with Crippen LogP contribution in [0.1, 0.15) is 61.3 Å². The summed E-state index contributed by atoms with van der Waals surface area (Å²) in [5, 5.41) is 0. The summed E-state index contributed by atoms with van der Waals surface area (Å²) in [4.78, 5) is 28.7.